The fraction of sp³-hybridized carbons (Fsp3) is 0.417. The Balaban J connectivity index is 2.45. The minimum Gasteiger partial charge on any atom is -0.354 e. The van der Waals surface area contributed by atoms with E-state index in [1.54, 1.807) is 26.0 Å². The molecule has 0 spiro atoms. The number of amides is 2. The summed E-state index contributed by atoms with van der Waals surface area (Å²) < 4.78 is 39.7. The zero-order chi connectivity index (χ0) is 25.5. The summed E-state index contributed by atoms with van der Waals surface area (Å²) in [5.41, 5.74) is 1.52. The van der Waals surface area contributed by atoms with E-state index in [0.717, 1.165) is 17.0 Å². The molecule has 2 amide bonds. The minimum absolute atomic E-state index is 0.0172. The standard InChI is InChI=1S/C24H31ClFN3O4S/c1-5-13-27-24(31)21(6-2)28(15-18-8-11-20(26)12-9-18)23(30)16-29(34(4,32)33)22-14-19(25)10-7-17(22)3/h7-12,14,21H,5-6,13,15-16H2,1-4H3,(H,27,31)/t21-/m1/s1. The van der Waals surface area contributed by atoms with Crippen molar-refractivity contribution in [2.24, 2.45) is 0 Å². The Morgan fingerprint density at radius 3 is 2.32 bits per heavy atom. The van der Waals surface area contributed by atoms with Gasteiger partial charge >= 0.3 is 0 Å². The number of carbonyl (C=O) groups excluding carboxylic acids is 2. The van der Waals surface area contributed by atoms with E-state index in [4.69, 9.17) is 11.6 Å². The highest BCUT2D eigenvalue weighted by Crippen LogP contribution is 2.27. The number of nitrogens with zero attached hydrogens (tertiary/aromatic N) is 2. The summed E-state index contributed by atoms with van der Waals surface area (Å²) in [7, 11) is -3.85. The average Bonchev–Trinajstić information content (AvgIpc) is 2.78. The zero-order valence-electron chi connectivity index (χ0n) is 19.8. The number of halogens is 2. The van der Waals surface area contributed by atoms with Crippen LogP contribution >= 0.6 is 11.6 Å². The quantitative estimate of drug-likeness (QED) is 0.496. The third kappa shape index (κ3) is 7.43. The first-order valence-corrected chi connectivity index (χ1v) is 13.3. The van der Waals surface area contributed by atoms with Gasteiger partial charge in [-0.25, -0.2) is 12.8 Å². The second-order valence-corrected chi connectivity index (χ2v) is 10.4. The molecule has 7 nitrogen and oxygen atoms in total. The molecule has 0 aromatic heterocycles. The van der Waals surface area contributed by atoms with Crippen LogP contribution in [0.2, 0.25) is 5.02 Å². The number of benzene rings is 2. The normalized spacial score (nSPS) is 12.2. The Kier molecular flexibility index (Phi) is 9.88. The van der Waals surface area contributed by atoms with Gasteiger partial charge in [-0.15, -0.1) is 0 Å². The highest BCUT2D eigenvalue weighted by Gasteiger charge is 2.32. The Hall–Kier alpha value is -2.65. The number of sulfonamides is 1. The van der Waals surface area contributed by atoms with Gasteiger partial charge in [0.15, 0.2) is 0 Å². The Labute approximate surface area is 205 Å². The van der Waals surface area contributed by atoms with Crippen LogP contribution < -0.4 is 9.62 Å². The zero-order valence-corrected chi connectivity index (χ0v) is 21.4. The van der Waals surface area contributed by atoms with Crippen LogP contribution in [-0.4, -0.2) is 50.5 Å². The molecule has 0 saturated heterocycles. The van der Waals surface area contributed by atoms with Crippen LogP contribution in [0.3, 0.4) is 0 Å². The van der Waals surface area contributed by atoms with Crippen LogP contribution in [-0.2, 0) is 26.2 Å². The number of nitrogens with one attached hydrogen (secondary N) is 1. The van der Waals surface area contributed by atoms with Gasteiger partial charge in [-0.05, 0) is 55.2 Å². The molecule has 34 heavy (non-hydrogen) atoms. The topological polar surface area (TPSA) is 86.8 Å². The summed E-state index contributed by atoms with van der Waals surface area (Å²) >= 11 is 6.09. The van der Waals surface area contributed by atoms with Crippen LogP contribution in [0.5, 0.6) is 0 Å². The van der Waals surface area contributed by atoms with Crippen molar-refractivity contribution in [2.45, 2.75) is 46.2 Å². The summed E-state index contributed by atoms with van der Waals surface area (Å²) in [4.78, 5) is 27.8. The molecule has 1 atom stereocenters. The molecule has 0 fully saturated rings. The molecule has 1 N–H and O–H groups in total. The molecule has 0 saturated carbocycles. The first kappa shape index (κ1) is 27.6. The highest BCUT2D eigenvalue weighted by atomic mass is 35.5. The molecule has 0 heterocycles. The van der Waals surface area contributed by atoms with Gasteiger partial charge in [0.25, 0.3) is 0 Å². The molecule has 0 bridgehead atoms. The van der Waals surface area contributed by atoms with Crippen LogP contribution in [0.25, 0.3) is 0 Å². The van der Waals surface area contributed by atoms with Crippen LogP contribution in [0, 0.1) is 12.7 Å². The number of aryl methyl sites for hydroxylation is 1. The van der Waals surface area contributed by atoms with E-state index in [1.165, 1.54) is 35.2 Å². The largest absolute Gasteiger partial charge is 0.354 e. The SMILES string of the molecule is CCCNC(=O)[C@@H](CC)N(Cc1ccc(F)cc1)C(=O)CN(c1cc(Cl)ccc1C)S(C)(=O)=O. The van der Waals surface area contributed by atoms with Gasteiger partial charge < -0.3 is 10.2 Å². The van der Waals surface area contributed by atoms with Gasteiger partial charge in [0.05, 0.1) is 11.9 Å². The van der Waals surface area contributed by atoms with Crippen molar-refractivity contribution >= 4 is 39.1 Å². The van der Waals surface area contributed by atoms with Gasteiger partial charge in [0.2, 0.25) is 21.8 Å². The molecule has 2 aromatic rings. The predicted molar refractivity (Wildman–Crippen MR) is 133 cm³/mol. The smallest absolute Gasteiger partial charge is 0.244 e. The summed E-state index contributed by atoms with van der Waals surface area (Å²) in [5, 5.41) is 3.13. The third-order valence-electron chi connectivity index (χ3n) is 5.32. The van der Waals surface area contributed by atoms with Gasteiger partial charge in [-0.2, -0.15) is 0 Å². The van der Waals surface area contributed by atoms with Gasteiger partial charge in [0, 0.05) is 18.1 Å². The van der Waals surface area contributed by atoms with Crippen LogP contribution in [0.15, 0.2) is 42.5 Å². The van der Waals surface area contributed by atoms with Crippen molar-refractivity contribution in [3.8, 4) is 0 Å². The van der Waals surface area contributed by atoms with E-state index in [0.29, 0.717) is 29.1 Å². The van der Waals surface area contributed by atoms with E-state index in [1.807, 2.05) is 6.92 Å². The molecule has 10 heteroatoms. The van der Waals surface area contributed by atoms with E-state index in [-0.39, 0.29) is 18.1 Å². The maximum Gasteiger partial charge on any atom is 0.244 e. The molecule has 0 aliphatic rings. The van der Waals surface area contributed by atoms with E-state index < -0.39 is 34.3 Å². The summed E-state index contributed by atoms with van der Waals surface area (Å²) in [6, 6.07) is 9.57. The van der Waals surface area contributed by atoms with E-state index >= 15 is 0 Å². The van der Waals surface area contributed by atoms with Crippen molar-refractivity contribution < 1.29 is 22.4 Å². The lowest BCUT2D eigenvalue weighted by Crippen LogP contribution is -2.52. The second-order valence-electron chi connectivity index (χ2n) is 8.06. The van der Waals surface area contributed by atoms with Crippen molar-refractivity contribution in [1.29, 1.82) is 0 Å². The summed E-state index contributed by atoms with van der Waals surface area (Å²) in [6.45, 7) is 5.36. The lowest BCUT2D eigenvalue weighted by Gasteiger charge is -2.33. The highest BCUT2D eigenvalue weighted by molar-refractivity contribution is 7.92. The number of carbonyl (C=O) groups is 2. The maximum atomic E-state index is 13.6. The molecule has 2 aromatic carbocycles. The third-order valence-corrected chi connectivity index (χ3v) is 6.68. The Bertz CT molecular complexity index is 1110. The maximum absolute atomic E-state index is 13.6. The van der Waals surface area contributed by atoms with Gasteiger partial charge in [-0.3, -0.25) is 13.9 Å². The number of anilines is 1. The van der Waals surface area contributed by atoms with Gasteiger partial charge in [0.1, 0.15) is 18.4 Å². The monoisotopic (exact) mass is 511 g/mol. The van der Waals surface area contributed by atoms with Crippen LogP contribution in [0.4, 0.5) is 10.1 Å². The first-order chi connectivity index (χ1) is 16.0. The minimum atomic E-state index is -3.85. The fourth-order valence-corrected chi connectivity index (χ4v) is 4.58. The molecular weight excluding hydrogens is 481 g/mol. The number of hydrogen-bond acceptors (Lipinski definition) is 4. The van der Waals surface area contributed by atoms with Crippen molar-refractivity contribution in [3.05, 3.63) is 64.4 Å². The molecule has 0 aliphatic heterocycles. The van der Waals surface area contributed by atoms with E-state index in [2.05, 4.69) is 5.32 Å². The summed E-state index contributed by atoms with van der Waals surface area (Å²) in [5.74, 6) is -1.31. The second kappa shape index (κ2) is 12.2. The van der Waals surface area contributed by atoms with Gasteiger partial charge in [-0.1, -0.05) is 43.6 Å². The summed E-state index contributed by atoms with van der Waals surface area (Å²) in [6.07, 6.45) is 2.05. The van der Waals surface area contributed by atoms with Crippen molar-refractivity contribution in [2.75, 3.05) is 23.7 Å². The lowest BCUT2D eigenvalue weighted by molar-refractivity contribution is -0.140. The molecule has 2 rings (SSSR count). The Morgan fingerprint density at radius 2 is 1.76 bits per heavy atom. The van der Waals surface area contributed by atoms with Crippen LogP contribution in [0.1, 0.15) is 37.8 Å². The molecule has 186 valence electrons. The first-order valence-electron chi connectivity index (χ1n) is 11.0. The van der Waals surface area contributed by atoms with Crippen molar-refractivity contribution in [1.82, 2.24) is 10.2 Å². The molecule has 0 radical (unpaired) electrons. The molecular formula is C24H31ClFN3O4S. The molecule has 0 unspecified atom stereocenters. The van der Waals surface area contributed by atoms with Crippen molar-refractivity contribution in [3.63, 3.8) is 0 Å². The average molecular weight is 512 g/mol. The number of rotatable bonds is 11. The Morgan fingerprint density at radius 1 is 1.12 bits per heavy atom. The molecule has 0 aliphatic carbocycles. The number of hydrogen-bond donors (Lipinski definition) is 1. The lowest BCUT2D eigenvalue weighted by atomic mass is 10.1. The fourth-order valence-electron chi connectivity index (χ4n) is 3.52. The predicted octanol–water partition coefficient (Wildman–Crippen LogP) is 3.89. The van der Waals surface area contributed by atoms with E-state index in [9.17, 15) is 22.4 Å².